The molecule has 1 unspecified atom stereocenters. The molecule has 1 amide bonds. The Morgan fingerprint density at radius 3 is 2.83 bits per heavy atom. The average molecular weight is 186 g/mol. The molecule has 0 aromatic rings. The molecular formula is C8H14N2OS. The minimum absolute atomic E-state index is 0.00148. The van der Waals surface area contributed by atoms with Crippen LogP contribution in [0.15, 0.2) is 11.1 Å². The number of hydrogen-bond donors (Lipinski definition) is 2. The molecule has 1 heterocycles. The van der Waals surface area contributed by atoms with Crippen molar-refractivity contribution >= 4 is 17.7 Å². The number of nitrogens with one attached hydrogen (secondary N) is 2. The smallest absolute Gasteiger partial charge is 0.219 e. The number of allylic oxidation sites excluding steroid dienone is 1. The minimum atomic E-state index is -0.00148. The van der Waals surface area contributed by atoms with Gasteiger partial charge in [0.1, 0.15) is 0 Å². The second kappa shape index (κ2) is 3.85. The highest BCUT2D eigenvalue weighted by molar-refractivity contribution is 8.02. The van der Waals surface area contributed by atoms with Crippen LogP contribution in [0.2, 0.25) is 0 Å². The van der Waals surface area contributed by atoms with Gasteiger partial charge in [-0.05, 0) is 11.3 Å². The largest absolute Gasteiger partial charge is 0.359 e. The zero-order valence-corrected chi connectivity index (χ0v) is 8.37. The zero-order chi connectivity index (χ0) is 9.14. The predicted octanol–water partition coefficient (Wildman–Crippen LogP) is 1.24. The third-order valence-electron chi connectivity index (χ3n) is 1.59. The first-order valence-corrected chi connectivity index (χ1v) is 4.93. The van der Waals surface area contributed by atoms with Gasteiger partial charge in [-0.1, -0.05) is 25.6 Å². The van der Waals surface area contributed by atoms with E-state index in [-0.39, 0.29) is 11.4 Å². The standard InChI is InChI=1S/C8H14N2OS/c1-5(2)7-4-12-8(10-7)9-6(3)11/h4-5,8,10H,1-3H3,(H,9,11). The molecule has 4 heteroatoms. The summed E-state index contributed by atoms with van der Waals surface area (Å²) in [5.41, 5.74) is 1.22. The number of hydrogen-bond acceptors (Lipinski definition) is 3. The Hall–Kier alpha value is -0.640. The van der Waals surface area contributed by atoms with Crippen molar-refractivity contribution in [3.63, 3.8) is 0 Å². The van der Waals surface area contributed by atoms with Crippen LogP contribution in [0.4, 0.5) is 0 Å². The van der Waals surface area contributed by atoms with Gasteiger partial charge in [0.2, 0.25) is 5.91 Å². The lowest BCUT2D eigenvalue weighted by atomic mass is 10.2. The van der Waals surface area contributed by atoms with E-state index in [2.05, 4.69) is 29.9 Å². The molecule has 3 nitrogen and oxygen atoms in total. The van der Waals surface area contributed by atoms with Gasteiger partial charge in [0.15, 0.2) is 5.50 Å². The Bertz CT molecular complexity index is 213. The molecule has 1 rings (SSSR count). The molecule has 0 aliphatic carbocycles. The van der Waals surface area contributed by atoms with Crippen LogP contribution in [0.25, 0.3) is 0 Å². The fourth-order valence-electron chi connectivity index (χ4n) is 0.918. The van der Waals surface area contributed by atoms with Gasteiger partial charge in [-0.2, -0.15) is 0 Å². The maximum atomic E-state index is 10.7. The third-order valence-corrected chi connectivity index (χ3v) is 2.48. The Balaban J connectivity index is 2.36. The first kappa shape index (κ1) is 9.45. The lowest BCUT2D eigenvalue weighted by molar-refractivity contribution is -0.119. The second-order valence-electron chi connectivity index (χ2n) is 3.09. The molecule has 0 radical (unpaired) electrons. The van der Waals surface area contributed by atoms with E-state index in [1.165, 1.54) is 12.6 Å². The molecule has 0 fully saturated rings. The minimum Gasteiger partial charge on any atom is -0.359 e. The van der Waals surface area contributed by atoms with E-state index in [0.717, 1.165) is 0 Å². The van der Waals surface area contributed by atoms with Crippen LogP contribution in [0.1, 0.15) is 20.8 Å². The van der Waals surface area contributed by atoms with E-state index in [4.69, 9.17) is 0 Å². The predicted molar refractivity (Wildman–Crippen MR) is 51.3 cm³/mol. The molecule has 12 heavy (non-hydrogen) atoms. The fourth-order valence-corrected chi connectivity index (χ4v) is 1.98. The van der Waals surface area contributed by atoms with Crippen molar-refractivity contribution in [2.45, 2.75) is 26.3 Å². The van der Waals surface area contributed by atoms with Gasteiger partial charge < -0.3 is 10.6 Å². The van der Waals surface area contributed by atoms with E-state index >= 15 is 0 Å². The monoisotopic (exact) mass is 186 g/mol. The summed E-state index contributed by atoms with van der Waals surface area (Å²) in [5.74, 6) is 0.495. The van der Waals surface area contributed by atoms with E-state index in [1.807, 2.05) is 0 Å². The fraction of sp³-hybridized carbons (Fsp3) is 0.625. The molecule has 0 saturated heterocycles. The van der Waals surface area contributed by atoms with E-state index in [9.17, 15) is 4.79 Å². The van der Waals surface area contributed by atoms with Crippen molar-refractivity contribution < 1.29 is 4.79 Å². The molecule has 0 aromatic carbocycles. The van der Waals surface area contributed by atoms with Gasteiger partial charge in [-0.15, -0.1) is 0 Å². The third kappa shape index (κ3) is 2.44. The summed E-state index contributed by atoms with van der Waals surface area (Å²) in [6.07, 6.45) is 0. The van der Waals surface area contributed by atoms with Gasteiger partial charge in [0.05, 0.1) is 0 Å². The molecule has 68 valence electrons. The normalized spacial score (nSPS) is 22.0. The molecule has 1 atom stereocenters. The van der Waals surface area contributed by atoms with Gasteiger partial charge in [-0.3, -0.25) is 4.79 Å². The summed E-state index contributed by atoms with van der Waals surface area (Å²) in [5, 5.41) is 8.06. The SMILES string of the molecule is CC(=O)NC1NC(C(C)C)=CS1. The van der Waals surface area contributed by atoms with Gasteiger partial charge >= 0.3 is 0 Å². The Kier molecular flexibility index (Phi) is 3.03. The molecule has 2 N–H and O–H groups in total. The maximum absolute atomic E-state index is 10.7. The summed E-state index contributed by atoms with van der Waals surface area (Å²) in [6, 6.07) is 0. The summed E-state index contributed by atoms with van der Waals surface area (Å²) >= 11 is 1.60. The van der Waals surface area contributed by atoms with Crippen molar-refractivity contribution in [3.8, 4) is 0 Å². The van der Waals surface area contributed by atoms with Crippen LogP contribution >= 0.6 is 11.8 Å². The van der Waals surface area contributed by atoms with Crippen LogP contribution in [0.3, 0.4) is 0 Å². The van der Waals surface area contributed by atoms with Crippen LogP contribution in [-0.4, -0.2) is 11.4 Å². The Morgan fingerprint density at radius 1 is 1.75 bits per heavy atom. The van der Waals surface area contributed by atoms with Crippen LogP contribution in [0, 0.1) is 5.92 Å². The summed E-state index contributed by atoms with van der Waals surface area (Å²) in [7, 11) is 0. The molecule has 0 spiro atoms. The molecular weight excluding hydrogens is 172 g/mol. The maximum Gasteiger partial charge on any atom is 0.219 e. The van der Waals surface area contributed by atoms with E-state index in [0.29, 0.717) is 5.92 Å². The molecule has 1 aliphatic rings. The van der Waals surface area contributed by atoms with Crippen molar-refractivity contribution in [1.29, 1.82) is 0 Å². The van der Waals surface area contributed by atoms with Crippen LogP contribution in [-0.2, 0) is 4.79 Å². The van der Waals surface area contributed by atoms with Crippen molar-refractivity contribution in [1.82, 2.24) is 10.6 Å². The summed E-state index contributed by atoms with van der Waals surface area (Å²) < 4.78 is 0. The van der Waals surface area contributed by atoms with Crippen LogP contribution in [0.5, 0.6) is 0 Å². The van der Waals surface area contributed by atoms with E-state index in [1.54, 1.807) is 11.8 Å². The molecule has 0 bridgehead atoms. The van der Waals surface area contributed by atoms with Gasteiger partial charge in [0, 0.05) is 12.6 Å². The lowest BCUT2D eigenvalue weighted by Crippen LogP contribution is -2.39. The molecule has 0 saturated carbocycles. The quantitative estimate of drug-likeness (QED) is 0.681. The van der Waals surface area contributed by atoms with Crippen molar-refractivity contribution in [2.24, 2.45) is 5.92 Å². The Morgan fingerprint density at radius 2 is 2.42 bits per heavy atom. The first-order valence-electron chi connectivity index (χ1n) is 3.98. The van der Waals surface area contributed by atoms with Gasteiger partial charge in [0.25, 0.3) is 0 Å². The Labute approximate surface area is 77.0 Å². The highest BCUT2D eigenvalue weighted by Gasteiger charge is 2.18. The van der Waals surface area contributed by atoms with Crippen molar-refractivity contribution in [2.75, 3.05) is 0 Å². The molecule has 1 aliphatic heterocycles. The number of rotatable bonds is 2. The highest BCUT2D eigenvalue weighted by Crippen LogP contribution is 2.23. The molecule has 0 aromatic heterocycles. The zero-order valence-electron chi connectivity index (χ0n) is 7.55. The van der Waals surface area contributed by atoms with Crippen molar-refractivity contribution in [3.05, 3.63) is 11.1 Å². The number of thioether (sulfide) groups is 1. The first-order chi connectivity index (χ1) is 5.59. The number of carbonyl (C=O) groups excluding carboxylic acids is 1. The highest BCUT2D eigenvalue weighted by atomic mass is 32.2. The summed E-state index contributed by atoms with van der Waals surface area (Å²) in [4.78, 5) is 10.7. The second-order valence-corrected chi connectivity index (χ2v) is 4.07. The van der Waals surface area contributed by atoms with Gasteiger partial charge in [-0.25, -0.2) is 0 Å². The number of amides is 1. The topological polar surface area (TPSA) is 41.1 Å². The lowest BCUT2D eigenvalue weighted by Gasteiger charge is -2.14. The van der Waals surface area contributed by atoms with Crippen LogP contribution < -0.4 is 10.6 Å². The van der Waals surface area contributed by atoms with E-state index < -0.39 is 0 Å². The summed E-state index contributed by atoms with van der Waals surface area (Å²) in [6.45, 7) is 5.76. The average Bonchev–Trinajstić information content (AvgIpc) is 2.34. The number of carbonyl (C=O) groups is 1.